The molecule has 0 saturated heterocycles. The summed E-state index contributed by atoms with van der Waals surface area (Å²) in [6.45, 7) is 2.52. The Bertz CT molecular complexity index is 1180. The molecule has 168 valence electrons. The van der Waals surface area contributed by atoms with Crippen LogP contribution in [-0.4, -0.2) is 36.6 Å². The number of ether oxygens (including phenoxy) is 2. The number of fused-ring (bicyclic) bond motifs is 3. The van der Waals surface area contributed by atoms with Crippen molar-refractivity contribution in [3.8, 4) is 11.5 Å². The molecule has 0 spiro atoms. The van der Waals surface area contributed by atoms with Gasteiger partial charge in [-0.3, -0.25) is 14.9 Å². The molecule has 3 aromatic rings. The van der Waals surface area contributed by atoms with Crippen molar-refractivity contribution in [1.29, 1.82) is 0 Å². The first kappa shape index (κ1) is 21.7. The standard InChI is InChI=1S/C24H27N3O5/c1-14-4-6-19-17(10-14)18-11-16(5-7-20(18)26-19)24(28)25-9-8-15-12-22(31-2)23(32-3)13-21(15)27(29)30/h5,7,11-14,26H,4,6,8-10H2,1-3H3,(H,25,28)/t14-/m1/s1. The van der Waals surface area contributed by atoms with E-state index in [1.54, 1.807) is 6.07 Å². The third-order valence-electron chi connectivity index (χ3n) is 6.16. The molecule has 1 amide bonds. The molecule has 0 saturated carbocycles. The van der Waals surface area contributed by atoms with Crippen LogP contribution in [0.3, 0.4) is 0 Å². The molecule has 0 fully saturated rings. The Morgan fingerprint density at radius 2 is 1.97 bits per heavy atom. The number of benzene rings is 2. The zero-order chi connectivity index (χ0) is 22.8. The van der Waals surface area contributed by atoms with Gasteiger partial charge in [0, 0.05) is 34.3 Å². The normalized spacial score (nSPS) is 15.3. The van der Waals surface area contributed by atoms with Gasteiger partial charge in [-0.05, 0) is 61.4 Å². The Kier molecular flexibility index (Phi) is 6.03. The van der Waals surface area contributed by atoms with Gasteiger partial charge in [0.2, 0.25) is 0 Å². The molecule has 0 radical (unpaired) electrons. The molecule has 0 aliphatic heterocycles. The van der Waals surface area contributed by atoms with Crippen LogP contribution in [0.15, 0.2) is 30.3 Å². The lowest BCUT2D eigenvalue weighted by molar-refractivity contribution is -0.385. The van der Waals surface area contributed by atoms with Gasteiger partial charge in [0.05, 0.1) is 25.2 Å². The highest BCUT2D eigenvalue weighted by atomic mass is 16.6. The quantitative estimate of drug-likeness (QED) is 0.426. The Morgan fingerprint density at radius 1 is 1.22 bits per heavy atom. The van der Waals surface area contributed by atoms with E-state index in [0.717, 1.165) is 23.7 Å². The smallest absolute Gasteiger partial charge is 0.276 e. The summed E-state index contributed by atoms with van der Waals surface area (Å²) >= 11 is 0. The fourth-order valence-electron chi connectivity index (χ4n) is 4.43. The van der Waals surface area contributed by atoms with Crippen molar-refractivity contribution in [2.24, 2.45) is 5.92 Å². The van der Waals surface area contributed by atoms with Gasteiger partial charge < -0.3 is 19.8 Å². The van der Waals surface area contributed by atoms with Gasteiger partial charge in [0.25, 0.3) is 11.6 Å². The highest BCUT2D eigenvalue weighted by molar-refractivity contribution is 5.99. The van der Waals surface area contributed by atoms with Crippen LogP contribution in [0.2, 0.25) is 0 Å². The van der Waals surface area contributed by atoms with Gasteiger partial charge in [-0.15, -0.1) is 0 Å². The third-order valence-corrected chi connectivity index (χ3v) is 6.16. The highest BCUT2D eigenvalue weighted by Crippen LogP contribution is 2.35. The molecule has 1 heterocycles. The number of nitrogens with zero attached hydrogens (tertiary/aromatic N) is 1. The maximum atomic E-state index is 12.8. The number of hydrogen-bond donors (Lipinski definition) is 2. The zero-order valence-corrected chi connectivity index (χ0v) is 18.5. The van der Waals surface area contributed by atoms with E-state index in [-0.39, 0.29) is 18.1 Å². The van der Waals surface area contributed by atoms with E-state index in [0.29, 0.717) is 35.0 Å². The number of aryl methyl sites for hydroxylation is 1. The molecule has 1 aromatic heterocycles. The largest absolute Gasteiger partial charge is 0.493 e. The predicted molar refractivity (Wildman–Crippen MR) is 122 cm³/mol. The van der Waals surface area contributed by atoms with Crippen LogP contribution in [0, 0.1) is 16.0 Å². The number of carbonyl (C=O) groups is 1. The maximum absolute atomic E-state index is 12.8. The van der Waals surface area contributed by atoms with Crippen LogP contribution in [0.4, 0.5) is 5.69 Å². The van der Waals surface area contributed by atoms with Crippen molar-refractivity contribution in [2.75, 3.05) is 20.8 Å². The average molecular weight is 437 g/mol. The molecule has 2 aromatic carbocycles. The number of nitrogens with one attached hydrogen (secondary N) is 2. The summed E-state index contributed by atoms with van der Waals surface area (Å²) in [6, 6.07) is 8.63. The van der Waals surface area contributed by atoms with Crippen LogP contribution in [-0.2, 0) is 19.3 Å². The van der Waals surface area contributed by atoms with Crippen LogP contribution in [0.5, 0.6) is 11.5 Å². The van der Waals surface area contributed by atoms with E-state index >= 15 is 0 Å². The van der Waals surface area contributed by atoms with Crippen LogP contribution in [0.1, 0.15) is 40.5 Å². The molecule has 1 aliphatic rings. The number of rotatable bonds is 7. The van der Waals surface area contributed by atoms with Crippen LogP contribution < -0.4 is 14.8 Å². The molecule has 4 rings (SSSR count). The second-order valence-electron chi connectivity index (χ2n) is 8.29. The monoisotopic (exact) mass is 437 g/mol. The Morgan fingerprint density at radius 3 is 2.69 bits per heavy atom. The van der Waals surface area contributed by atoms with Crippen molar-refractivity contribution in [3.05, 3.63) is 62.8 Å². The minimum atomic E-state index is -0.455. The molecular formula is C24H27N3O5. The van der Waals surface area contributed by atoms with Crippen molar-refractivity contribution in [2.45, 2.75) is 32.6 Å². The number of nitro groups is 1. The van der Waals surface area contributed by atoms with Crippen molar-refractivity contribution in [1.82, 2.24) is 10.3 Å². The van der Waals surface area contributed by atoms with E-state index in [2.05, 4.69) is 17.2 Å². The summed E-state index contributed by atoms with van der Waals surface area (Å²) in [7, 11) is 2.91. The minimum Gasteiger partial charge on any atom is -0.493 e. The maximum Gasteiger partial charge on any atom is 0.276 e. The Hall–Kier alpha value is -3.55. The molecule has 8 nitrogen and oxygen atoms in total. The molecule has 8 heteroatoms. The van der Waals surface area contributed by atoms with Gasteiger partial charge >= 0.3 is 0 Å². The second-order valence-corrected chi connectivity index (χ2v) is 8.29. The number of methoxy groups -OCH3 is 2. The van der Waals surface area contributed by atoms with E-state index in [1.165, 1.54) is 38.0 Å². The molecule has 2 N–H and O–H groups in total. The van der Waals surface area contributed by atoms with Gasteiger partial charge in [-0.25, -0.2) is 0 Å². The fourth-order valence-corrected chi connectivity index (χ4v) is 4.43. The first-order valence-corrected chi connectivity index (χ1v) is 10.7. The summed E-state index contributed by atoms with van der Waals surface area (Å²) in [5.41, 5.74) is 4.63. The van der Waals surface area contributed by atoms with E-state index < -0.39 is 4.92 Å². The van der Waals surface area contributed by atoms with Gasteiger partial charge in [-0.2, -0.15) is 0 Å². The van der Waals surface area contributed by atoms with E-state index in [1.807, 2.05) is 18.2 Å². The topological polar surface area (TPSA) is 106 Å². The van der Waals surface area contributed by atoms with Crippen molar-refractivity contribution < 1.29 is 19.2 Å². The van der Waals surface area contributed by atoms with E-state index in [4.69, 9.17) is 9.47 Å². The zero-order valence-electron chi connectivity index (χ0n) is 18.5. The number of H-pyrrole nitrogens is 1. The highest BCUT2D eigenvalue weighted by Gasteiger charge is 2.21. The second kappa shape index (κ2) is 8.90. The molecule has 1 atom stereocenters. The lowest BCUT2D eigenvalue weighted by Gasteiger charge is -2.18. The SMILES string of the molecule is COc1cc(CCNC(=O)c2ccc3[nH]c4c(c3c2)C[C@H](C)CC4)c([N+](=O)[O-])cc1OC. The average Bonchev–Trinajstić information content (AvgIpc) is 3.15. The van der Waals surface area contributed by atoms with E-state index in [9.17, 15) is 14.9 Å². The van der Waals surface area contributed by atoms with Crippen molar-refractivity contribution in [3.63, 3.8) is 0 Å². The molecule has 1 aliphatic carbocycles. The minimum absolute atomic E-state index is 0.0635. The van der Waals surface area contributed by atoms with Gasteiger partial charge in [-0.1, -0.05) is 6.92 Å². The number of hydrogen-bond acceptors (Lipinski definition) is 5. The Labute approximate surface area is 186 Å². The lowest BCUT2D eigenvalue weighted by atomic mass is 9.87. The summed E-state index contributed by atoms with van der Waals surface area (Å²) in [5, 5.41) is 15.5. The molecular weight excluding hydrogens is 410 g/mol. The number of carbonyl (C=O) groups excluding carboxylic acids is 1. The number of aromatic nitrogens is 1. The fraction of sp³-hybridized carbons (Fsp3) is 0.375. The number of nitro benzene ring substituents is 1. The molecule has 0 unspecified atom stereocenters. The van der Waals surface area contributed by atoms with Crippen LogP contribution >= 0.6 is 0 Å². The summed E-state index contributed by atoms with van der Waals surface area (Å²) in [4.78, 5) is 27.3. The molecule has 32 heavy (non-hydrogen) atoms. The lowest BCUT2D eigenvalue weighted by Crippen LogP contribution is -2.25. The summed E-state index contributed by atoms with van der Waals surface area (Å²) in [6.07, 6.45) is 3.53. The van der Waals surface area contributed by atoms with Crippen molar-refractivity contribution >= 4 is 22.5 Å². The number of amides is 1. The van der Waals surface area contributed by atoms with Gasteiger partial charge in [0.15, 0.2) is 11.5 Å². The predicted octanol–water partition coefficient (Wildman–Crippen LogP) is 4.19. The first-order valence-electron chi connectivity index (χ1n) is 10.7. The summed E-state index contributed by atoms with van der Waals surface area (Å²) < 4.78 is 10.4. The van der Waals surface area contributed by atoms with Crippen LogP contribution in [0.25, 0.3) is 10.9 Å². The summed E-state index contributed by atoms with van der Waals surface area (Å²) in [5.74, 6) is 1.14. The number of aromatic amines is 1. The first-order chi connectivity index (χ1) is 15.4. The molecule has 0 bridgehead atoms. The van der Waals surface area contributed by atoms with Gasteiger partial charge in [0.1, 0.15) is 0 Å². The Balaban J connectivity index is 1.49. The third kappa shape index (κ3) is 4.12.